The monoisotopic (exact) mass is 582 g/mol. The van der Waals surface area contributed by atoms with Gasteiger partial charge in [0.1, 0.15) is 5.75 Å². The molecule has 0 bridgehead atoms. The van der Waals surface area contributed by atoms with E-state index < -0.39 is 45.2 Å². The van der Waals surface area contributed by atoms with Crippen molar-refractivity contribution in [1.29, 1.82) is 0 Å². The second-order valence-corrected chi connectivity index (χ2v) is 12.0. The molecule has 210 valence electrons. The van der Waals surface area contributed by atoms with Gasteiger partial charge in [0, 0.05) is 31.7 Å². The smallest absolute Gasteiger partial charge is 0.416 e. The molecule has 0 radical (unpaired) electrons. The molecule has 2 aromatic carbocycles. The summed E-state index contributed by atoms with van der Waals surface area (Å²) >= 11 is 1.60. The predicted octanol–water partition coefficient (Wildman–Crippen LogP) is 4.98. The van der Waals surface area contributed by atoms with Crippen molar-refractivity contribution >= 4 is 27.3 Å². The van der Waals surface area contributed by atoms with Crippen molar-refractivity contribution in [1.82, 2.24) is 9.21 Å². The predicted molar refractivity (Wildman–Crippen MR) is 141 cm³/mol. The number of fused-ring (bicyclic) bond motifs is 1. The highest BCUT2D eigenvalue weighted by atomic mass is 32.2. The number of amides is 1. The molecule has 1 aliphatic rings. The van der Waals surface area contributed by atoms with E-state index in [9.17, 15) is 26.4 Å². The summed E-state index contributed by atoms with van der Waals surface area (Å²) in [6.45, 7) is -0.0187. The lowest BCUT2D eigenvalue weighted by atomic mass is 9.93. The first-order chi connectivity index (χ1) is 18.6. The van der Waals surface area contributed by atoms with Gasteiger partial charge in [0.15, 0.2) is 0 Å². The molecule has 2 heterocycles. The lowest BCUT2D eigenvalue weighted by molar-refractivity contribution is -0.137. The largest absolute Gasteiger partial charge is 0.497 e. The van der Waals surface area contributed by atoms with Gasteiger partial charge in [-0.25, -0.2) is 8.42 Å². The number of alkyl halides is 3. The first kappa shape index (κ1) is 29.1. The summed E-state index contributed by atoms with van der Waals surface area (Å²) in [5.74, 6) is 0.218. The van der Waals surface area contributed by atoms with Gasteiger partial charge in [-0.1, -0.05) is 18.2 Å². The van der Waals surface area contributed by atoms with Gasteiger partial charge in [-0.2, -0.15) is 17.5 Å². The van der Waals surface area contributed by atoms with Gasteiger partial charge in [-0.15, -0.1) is 11.3 Å². The number of halogens is 3. The topological polar surface area (TPSA) is 76.2 Å². The Balaban J connectivity index is 1.66. The zero-order valence-corrected chi connectivity index (χ0v) is 23.1. The van der Waals surface area contributed by atoms with E-state index in [4.69, 9.17) is 9.47 Å². The molecule has 3 aromatic rings. The molecular weight excluding hydrogens is 553 g/mol. The van der Waals surface area contributed by atoms with E-state index in [0.29, 0.717) is 24.8 Å². The van der Waals surface area contributed by atoms with Gasteiger partial charge in [-0.3, -0.25) is 4.79 Å². The van der Waals surface area contributed by atoms with Crippen molar-refractivity contribution in [2.24, 2.45) is 0 Å². The van der Waals surface area contributed by atoms with Crippen LogP contribution in [0.1, 0.15) is 34.0 Å². The van der Waals surface area contributed by atoms with Crippen molar-refractivity contribution in [2.75, 3.05) is 40.5 Å². The fourth-order valence-electron chi connectivity index (χ4n) is 4.62. The quantitative estimate of drug-likeness (QED) is 0.316. The van der Waals surface area contributed by atoms with E-state index in [-0.39, 0.29) is 19.6 Å². The van der Waals surface area contributed by atoms with E-state index in [0.717, 1.165) is 38.5 Å². The Labute approximate surface area is 229 Å². The summed E-state index contributed by atoms with van der Waals surface area (Å²) in [6, 6.07) is 12.4. The number of thiophene rings is 1. The molecule has 0 aliphatic carbocycles. The fraction of sp³-hybridized carbons (Fsp3) is 0.370. The molecule has 1 atom stereocenters. The Hall–Kier alpha value is -2.93. The number of nitrogens with zero attached hydrogens (tertiary/aromatic N) is 2. The van der Waals surface area contributed by atoms with Crippen molar-refractivity contribution in [3.05, 3.63) is 81.5 Å². The average Bonchev–Trinajstić information content (AvgIpc) is 3.40. The second-order valence-electron chi connectivity index (χ2n) is 9.02. The van der Waals surface area contributed by atoms with Crippen molar-refractivity contribution in [3.8, 4) is 5.75 Å². The van der Waals surface area contributed by atoms with Gasteiger partial charge >= 0.3 is 6.18 Å². The minimum atomic E-state index is -4.71. The van der Waals surface area contributed by atoms with Crippen LogP contribution in [0.4, 0.5) is 13.2 Å². The summed E-state index contributed by atoms with van der Waals surface area (Å²) < 4.78 is 78.3. The summed E-state index contributed by atoms with van der Waals surface area (Å²) in [6.07, 6.45) is -3.83. The molecule has 0 saturated carbocycles. The summed E-state index contributed by atoms with van der Waals surface area (Å²) in [4.78, 5) is 16.0. The van der Waals surface area contributed by atoms with Gasteiger partial charge in [0.25, 0.3) is 0 Å². The summed E-state index contributed by atoms with van der Waals surface area (Å²) in [5, 5.41) is 1.96. The highest BCUT2D eigenvalue weighted by Crippen LogP contribution is 2.38. The molecule has 1 aliphatic heterocycles. The number of carbonyl (C=O) groups is 1. The molecule has 0 fully saturated rings. The number of hydrogen-bond donors (Lipinski definition) is 0. The Morgan fingerprint density at radius 3 is 2.54 bits per heavy atom. The number of hydrogen-bond acceptors (Lipinski definition) is 6. The normalized spacial score (nSPS) is 15.8. The van der Waals surface area contributed by atoms with E-state index in [1.807, 2.05) is 23.6 Å². The lowest BCUT2D eigenvalue weighted by Crippen LogP contribution is -2.47. The third-order valence-electron chi connectivity index (χ3n) is 6.58. The van der Waals surface area contributed by atoms with Crippen LogP contribution in [0.3, 0.4) is 0 Å². The van der Waals surface area contributed by atoms with E-state index in [2.05, 4.69) is 0 Å². The maximum absolute atomic E-state index is 13.8. The number of rotatable bonds is 10. The van der Waals surface area contributed by atoms with Gasteiger partial charge in [0.2, 0.25) is 15.9 Å². The number of benzene rings is 2. The molecule has 1 amide bonds. The van der Waals surface area contributed by atoms with Crippen LogP contribution in [0.5, 0.6) is 5.75 Å². The summed E-state index contributed by atoms with van der Waals surface area (Å²) in [7, 11) is -1.40. The van der Waals surface area contributed by atoms with Crippen LogP contribution in [0.2, 0.25) is 0 Å². The Morgan fingerprint density at radius 2 is 1.87 bits per heavy atom. The summed E-state index contributed by atoms with van der Waals surface area (Å²) in [5.41, 5.74) is 0.735. The van der Waals surface area contributed by atoms with Crippen LogP contribution in [0, 0.1) is 0 Å². The third kappa shape index (κ3) is 6.46. The SMILES string of the molecule is COCCCN(CC(=O)N1CCc2sccc2C1c1ccc(OC)cc1)S(=O)(=O)c1cccc(C(F)(F)F)c1. The molecular formula is C27H29F3N2O5S2. The minimum absolute atomic E-state index is 0.0943. The molecule has 0 N–H and O–H groups in total. The molecule has 1 aromatic heterocycles. The van der Waals surface area contributed by atoms with Gasteiger partial charge in [0.05, 0.1) is 30.2 Å². The fourth-order valence-corrected chi connectivity index (χ4v) is 7.00. The molecule has 0 spiro atoms. The van der Waals surface area contributed by atoms with Crippen LogP contribution < -0.4 is 4.74 Å². The lowest BCUT2D eigenvalue weighted by Gasteiger charge is -2.37. The highest BCUT2D eigenvalue weighted by molar-refractivity contribution is 7.89. The van der Waals surface area contributed by atoms with E-state index in [1.165, 1.54) is 7.11 Å². The molecule has 1 unspecified atom stereocenters. The van der Waals surface area contributed by atoms with E-state index in [1.54, 1.807) is 35.5 Å². The zero-order chi connectivity index (χ0) is 28.2. The average molecular weight is 583 g/mol. The second kappa shape index (κ2) is 12.1. The molecule has 4 rings (SSSR count). The first-order valence-corrected chi connectivity index (χ1v) is 14.5. The zero-order valence-electron chi connectivity index (χ0n) is 21.5. The first-order valence-electron chi connectivity index (χ1n) is 12.2. The molecule has 7 nitrogen and oxygen atoms in total. The highest BCUT2D eigenvalue weighted by Gasteiger charge is 2.37. The standard InChI is InChI=1S/C27H29F3N2O5S2/c1-36-15-4-13-31(39(34,35)22-6-3-5-20(17-22)27(28,29)30)18-25(33)32-14-11-24-23(12-16-38-24)26(32)19-7-9-21(37-2)10-8-19/h3,5-10,12,16-17,26H,4,11,13-15,18H2,1-2H3. The van der Waals surface area contributed by atoms with E-state index >= 15 is 0 Å². The van der Waals surface area contributed by atoms with Crippen LogP contribution in [0.15, 0.2) is 64.9 Å². The Morgan fingerprint density at radius 1 is 1.13 bits per heavy atom. The maximum atomic E-state index is 13.8. The minimum Gasteiger partial charge on any atom is -0.497 e. The molecule has 0 saturated heterocycles. The number of carbonyl (C=O) groups excluding carboxylic acids is 1. The van der Waals surface area contributed by atoms with Crippen molar-refractivity contribution in [3.63, 3.8) is 0 Å². The van der Waals surface area contributed by atoms with Crippen molar-refractivity contribution < 1.29 is 35.9 Å². The molecule has 12 heteroatoms. The third-order valence-corrected chi connectivity index (χ3v) is 9.42. The Bertz CT molecular complexity index is 1390. The van der Waals surface area contributed by atoms with Crippen LogP contribution in [-0.2, 0) is 32.2 Å². The van der Waals surface area contributed by atoms with Gasteiger partial charge in [-0.05, 0) is 65.7 Å². The maximum Gasteiger partial charge on any atom is 0.416 e. The van der Waals surface area contributed by atoms with Crippen LogP contribution in [-0.4, -0.2) is 64.0 Å². The number of ether oxygens (including phenoxy) is 2. The van der Waals surface area contributed by atoms with Gasteiger partial charge < -0.3 is 14.4 Å². The molecule has 39 heavy (non-hydrogen) atoms. The number of sulfonamides is 1. The van der Waals surface area contributed by atoms with Crippen LogP contribution >= 0.6 is 11.3 Å². The number of methoxy groups -OCH3 is 2. The van der Waals surface area contributed by atoms with Crippen molar-refractivity contribution in [2.45, 2.75) is 30.0 Å². The Kier molecular flexibility index (Phi) is 9.00. The van der Waals surface area contributed by atoms with Crippen LogP contribution in [0.25, 0.3) is 0 Å².